The minimum Gasteiger partial charge on any atom is -0.376 e. The smallest absolute Gasteiger partial charge is 0.315 e. The minimum absolute atomic E-state index is 0.0255. The van der Waals surface area contributed by atoms with Gasteiger partial charge < -0.3 is 15.4 Å². The third-order valence-corrected chi connectivity index (χ3v) is 4.17. The summed E-state index contributed by atoms with van der Waals surface area (Å²) in [6.45, 7) is 3.95. The van der Waals surface area contributed by atoms with Gasteiger partial charge in [-0.3, -0.25) is 0 Å². The van der Waals surface area contributed by atoms with E-state index in [-0.39, 0.29) is 18.2 Å². The molecule has 0 spiro atoms. The predicted molar refractivity (Wildman–Crippen MR) is 89.4 cm³/mol. The summed E-state index contributed by atoms with van der Waals surface area (Å²) >= 11 is 0. The summed E-state index contributed by atoms with van der Waals surface area (Å²) in [4.78, 5) is 15.9. The van der Waals surface area contributed by atoms with E-state index in [9.17, 15) is 4.79 Å². The van der Waals surface area contributed by atoms with Crippen molar-refractivity contribution in [2.24, 2.45) is 0 Å². The number of ether oxygens (including phenoxy) is 1. The fraction of sp³-hybridized carbons (Fsp3) is 0.471. The molecule has 2 heterocycles. The summed E-state index contributed by atoms with van der Waals surface area (Å²) in [5.41, 5.74) is 2.19. The molecule has 1 aromatic carbocycles. The van der Waals surface area contributed by atoms with Crippen molar-refractivity contribution in [1.82, 2.24) is 25.4 Å². The van der Waals surface area contributed by atoms with Gasteiger partial charge in [0.1, 0.15) is 12.7 Å². The Morgan fingerprint density at radius 1 is 1.38 bits per heavy atom. The lowest BCUT2D eigenvalue weighted by Crippen LogP contribution is -2.45. The van der Waals surface area contributed by atoms with E-state index in [0.717, 1.165) is 30.6 Å². The van der Waals surface area contributed by atoms with E-state index < -0.39 is 0 Å². The fourth-order valence-electron chi connectivity index (χ4n) is 2.79. The first-order valence-electron chi connectivity index (χ1n) is 8.27. The number of carbonyl (C=O) groups is 1. The van der Waals surface area contributed by atoms with Crippen molar-refractivity contribution in [2.75, 3.05) is 6.61 Å². The van der Waals surface area contributed by atoms with E-state index in [1.54, 1.807) is 11.0 Å². The highest BCUT2D eigenvalue weighted by Gasteiger charge is 2.23. The zero-order valence-electron chi connectivity index (χ0n) is 13.8. The molecule has 0 saturated carbocycles. The summed E-state index contributed by atoms with van der Waals surface area (Å²) in [6, 6.07) is 7.95. The van der Waals surface area contributed by atoms with Gasteiger partial charge in [0, 0.05) is 13.2 Å². The molecule has 0 unspecified atom stereocenters. The summed E-state index contributed by atoms with van der Waals surface area (Å²) in [5, 5.41) is 9.91. The van der Waals surface area contributed by atoms with Crippen LogP contribution in [0, 0.1) is 0 Å². The summed E-state index contributed by atoms with van der Waals surface area (Å²) < 4.78 is 7.35. The lowest BCUT2D eigenvalue weighted by Gasteiger charge is -2.20. The molecule has 1 saturated heterocycles. The van der Waals surface area contributed by atoms with Crippen LogP contribution in [0.25, 0.3) is 0 Å². The monoisotopic (exact) mass is 329 g/mol. The molecule has 0 bridgehead atoms. The Bertz CT molecular complexity index is 636. The molecule has 0 radical (unpaired) electrons. The second-order valence-corrected chi connectivity index (χ2v) is 6.08. The van der Waals surface area contributed by atoms with Gasteiger partial charge in [0.25, 0.3) is 0 Å². The van der Waals surface area contributed by atoms with E-state index in [1.807, 2.05) is 31.2 Å². The third-order valence-electron chi connectivity index (χ3n) is 4.17. The van der Waals surface area contributed by atoms with Crippen molar-refractivity contribution in [3.63, 3.8) is 0 Å². The molecular formula is C17H23N5O2. The van der Waals surface area contributed by atoms with Crippen molar-refractivity contribution in [3.8, 4) is 0 Å². The molecule has 2 atom stereocenters. The van der Waals surface area contributed by atoms with E-state index in [0.29, 0.717) is 13.1 Å². The molecule has 1 aromatic heterocycles. The molecular weight excluding hydrogens is 306 g/mol. The van der Waals surface area contributed by atoms with Crippen LogP contribution < -0.4 is 10.6 Å². The molecule has 3 rings (SSSR count). The average molecular weight is 329 g/mol. The molecule has 24 heavy (non-hydrogen) atoms. The number of aromatic nitrogens is 3. The Labute approximate surface area is 141 Å². The highest BCUT2D eigenvalue weighted by atomic mass is 16.5. The van der Waals surface area contributed by atoms with Crippen molar-refractivity contribution in [3.05, 3.63) is 48.0 Å². The van der Waals surface area contributed by atoms with Crippen LogP contribution in [0.3, 0.4) is 0 Å². The largest absolute Gasteiger partial charge is 0.376 e. The summed E-state index contributed by atoms with van der Waals surface area (Å²) in [5.74, 6) is 0. The SMILES string of the molecule is C[C@@H](NC(=O)NCc1ccc(Cn2cncn2)cc1)[C@@H]1CCCO1. The maximum Gasteiger partial charge on any atom is 0.315 e. The zero-order valence-corrected chi connectivity index (χ0v) is 13.8. The number of rotatable bonds is 6. The Balaban J connectivity index is 1.43. The molecule has 128 valence electrons. The minimum atomic E-state index is -0.162. The summed E-state index contributed by atoms with van der Waals surface area (Å²) in [7, 11) is 0. The number of hydrogen-bond donors (Lipinski definition) is 2. The van der Waals surface area contributed by atoms with Crippen LogP contribution in [0.2, 0.25) is 0 Å². The van der Waals surface area contributed by atoms with Gasteiger partial charge in [-0.1, -0.05) is 24.3 Å². The van der Waals surface area contributed by atoms with Crippen LogP contribution >= 0.6 is 0 Å². The first-order valence-corrected chi connectivity index (χ1v) is 8.27. The lowest BCUT2D eigenvalue weighted by molar-refractivity contribution is 0.0860. The van der Waals surface area contributed by atoms with Crippen LogP contribution in [0.15, 0.2) is 36.9 Å². The molecule has 1 aliphatic rings. The maximum atomic E-state index is 12.0. The van der Waals surface area contributed by atoms with Gasteiger partial charge in [-0.05, 0) is 30.9 Å². The molecule has 1 aliphatic heterocycles. The van der Waals surface area contributed by atoms with Gasteiger partial charge in [-0.15, -0.1) is 0 Å². The van der Waals surface area contributed by atoms with Crippen LogP contribution in [0.1, 0.15) is 30.9 Å². The van der Waals surface area contributed by atoms with Crippen LogP contribution in [0.4, 0.5) is 4.79 Å². The number of nitrogens with zero attached hydrogens (tertiary/aromatic N) is 3. The second kappa shape index (κ2) is 7.92. The second-order valence-electron chi connectivity index (χ2n) is 6.08. The highest BCUT2D eigenvalue weighted by Crippen LogP contribution is 2.15. The number of carbonyl (C=O) groups excluding carboxylic acids is 1. The standard InChI is InChI=1S/C17H23N5O2/c1-13(16-3-2-8-24-16)21-17(23)19-9-14-4-6-15(7-5-14)10-22-12-18-11-20-22/h4-7,11-13,16H,2-3,8-10H2,1H3,(H2,19,21,23)/t13-,16+/m1/s1. The van der Waals surface area contributed by atoms with Gasteiger partial charge in [0.15, 0.2) is 0 Å². The lowest BCUT2D eigenvalue weighted by atomic mass is 10.1. The van der Waals surface area contributed by atoms with E-state index in [1.165, 1.54) is 6.33 Å². The maximum absolute atomic E-state index is 12.0. The van der Waals surface area contributed by atoms with Crippen LogP contribution in [0.5, 0.6) is 0 Å². The average Bonchev–Trinajstić information content (AvgIpc) is 3.28. The number of amides is 2. The fourth-order valence-corrected chi connectivity index (χ4v) is 2.79. The topological polar surface area (TPSA) is 81.1 Å². The Kier molecular flexibility index (Phi) is 5.43. The van der Waals surface area contributed by atoms with Gasteiger partial charge in [0.05, 0.1) is 18.7 Å². The first-order chi connectivity index (χ1) is 11.7. The Hall–Kier alpha value is -2.41. The number of urea groups is 1. The molecule has 1 fully saturated rings. The number of hydrogen-bond acceptors (Lipinski definition) is 4. The van der Waals surface area contributed by atoms with Crippen molar-refractivity contribution < 1.29 is 9.53 Å². The van der Waals surface area contributed by atoms with Crippen LogP contribution in [-0.2, 0) is 17.8 Å². The van der Waals surface area contributed by atoms with Gasteiger partial charge in [0.2, 0.25) is 0 Å². The Morgan fingerprint density at radius 2 is 2.17 bits per heavy atom. The molecule has 2 N–H and O–H groups in total. The molecule has 7 heteroatoms. The number of nitrogens with one attached hydrogen (secondary N) is 2. The van der Waals surface area contributed by atoms with E-state index in [2.05, 4.69) is 20.7 Å². The molecule has 0 aliphatic carbocycles. The quantitative estimate of drug-likeness (QED) is 0.845. The zero-order chi connectivity index (χ0) is 16.8. The molecule has 7 nitrogen and oxygen atoms in total. The normalized spacial score (nSPS) is 18.3. The van der Waals surface area contributed by atoms with Crippen molar-refractivity contribution in [1.29, 1.82) is 0 Å². The van der Waals surface area contributed by atoms with Gasteiger partial charge in [-0.2, -0.15) is 5.10 Å². The first kappa shape index (κ1) is 16.4. The van der Waals surface area contributed by atoms with Gasteiger partial charge in [-0.25, -0.2) is 14.5 Å². The van der Waals surface area contributed by atoms with Crippen molar-refractivity contribution >= 4 is 6.03 Å². The van der Waals surface area contributed by atoms with Crippen LogP contribution in [-0.4, -0.2) is 39.5 Å². The third kappa shape index (κ3) is 4.55. The molecule has 2 aromatic rings. The summed E-state index contributed by atoms with van der Waals surface area (Å²) in [6.07, 6.45) is 5.42. The molecule has 2 amide bonds. The van der Waals surface area contributed by atoms with Gasteiger partial charge >= 0.3 is 6.03 Å². The highest BCUT2D eigenvalue weighted by molar-refractivity contribution is 5.74. The van der Waals surface area contributed by atoms with Crippen molar-refractivity contribution in [2.45, 2.75) is 45.0 Å². The van der Waals surface area contributed by atoms with E-state index in [4.69, 9.17) is 4.74 Å². The number of benzene rings is 1. The van der Waals surface area contributed by atoms with E-state index >= 15 is 0 Å². The predicted octanol–water partition coefficient (Wildman–Crippen LogP) is 1.69. The Morgan fingerprint density at radius 3 is 2.83 bits per heavy atom.